The van der Waals surface area contributed by atoms with Gasteiger partial charge >= 0.3 is 0 Å². The highest BCUT2D eigenvalue weighted by Crippen LogP contribution is 2.24. The largest absolute Gasteiger partial charge is 0.484 e. The normalized spacial score (nSPS) is 13.2. The fourth-order valence-electron chi connectivity index (χ4n) is 3.57. The van der Waals surface area contributed by atoms with Crippen LogP contribution >= 0.6 is 11.3 Å². The first-order valence-electron chi connectivity index (χ1n) is 10.5. The van der Waals surface area contributed by atoms with E-state index in [1.165, 1.54) is 23.5 Å². The third-order valence-corrected chi connectivity index (χ3v) is 6.38. The van der Waals surface area contributed by atoms with Crippen LogP contribution in [0, 0.1) is 12.7 Å². The number of carbonyl (C=O) groups is 2. The SMILES string of the molecule is Cc1nc(Cc2ccc(F)cc2)sc1C(=O)Nc1cccc(OCC(=O)N2CCCC2)c1. The van der Waals surface area contributed by atoms with Crippen LogP contribution in [0.2, 0.25) is 0 Å². The number of thiazole rings is 1. The predicted molar refractivity (Wildman–Crippen MR) is 122 cm³/mol. The van der Waals surface area contributed by atoms with Gasteiger partial charge in [0.25, 0.3) is 11.8 Å². The minimum absolute atomic E-state index is 0.0158. The molecular formula is C24H24FN3O3S. The second kappa shape index (κ2) is 9.91. The van der Waals surface area contributed by atoms with Gasteiger partial charge in [-0.05, 0) is 49.6 Å². The van der Waals surface area contributed by atoms with E-state index in [0.717, 1.165) is 36.5 Å². The summed E-state index contributed by atoms with van der Waals surface area (Å²) in [4.78, 5) is 31.8. The molecule has 0 aliphatic carbocycles. The maximum atomic E-state index is 13.1. The highest BCUT2D eigenvalue weighted by molar-refractivity contribution is 7.14. The average Bonchev–Trinajstić information content (AvgIpc) is 3.44. The molecule has 3 aromatic rings. The van der Waals surface area contributed by atoms with Crippen LogP contribution in [0.5, 0.6) is 5.75 Å². The lowest BCUT2D eigenvalue weighted by atomic mass is 10.1. The van der Waals surface area contributed by atoms with Gasteiger partial charge in [-0.25, -0.2) is 9.37 Å². The monoisotopic (exact) mass is 453 g/mol. The lowest BCUT2D eigenvalue weighted by molar-refractivity contribution is -0.132. The third-order valence-electron chi connectivity index (χ3n) is 5.23. The predicted octanol–water partition coefficient (Wildman–Crippen LogP) is 4.43. The van der Waals surface area contributed by atoms with Gasteiger partial charge in [-0.15, -0.1) is 11.3 Å². The Morgan fingerprint density at radius 3 is 2.66 bits per heavy atom. The molecule has 0 saturated carbocycles. The number of aryl methyl sites for hydroxylation is 1. The molecular weight excluding hydrogens is 429 g/mol. The quantitative estimate of drug-likeness (QED) is 0.574. The van der Waals surface area contributed by atoms with Crippen molar-refractivity contribution >= 4 is 28.8 Å². The lowest BCUT2D eigenvalue weighted by Gasteiger charge is -2.15. The molecule has 0 radical (unpaired) electrons. The standard InChI is InChI=1S/C24H24FN3O3S/c1-16-23(32-21(26-16)13-17-7-9-18(25)10-8-17)24(30)27-19-5-4-6-20(14-19)31-15-22(29)28-11-2-3-12-28/h4-10,14H,2-3,11-13,15H2,1H3,(H,27,30). The molecule has 4 rings (SSSR count). The van der Waals surface area contributed by atoms with E-state index < -0.39 is 0 Å². The van der Waals surface area contributed by atoms with Crippen molar-refractivity contribution in [2.75, 3.05) is 25.0 Å². The van der Waals surface area contributed by atoms with Crippen molar-refractivity contribution in [3.05, 3.63) is 75.5 Å². The molecule has 1 aliphatic heterocycles. The fourth-order valence-corrected chi connectivity index (χ4v) is 4.56. The van der Waals surface area contributed by atoms with Gasteiger partial charge in [0.05, 0.1) is 10.7 Å². The zero-order chi connectivity index (χ0) is 22.5. The van der Waals surface area contributed by atoms with E-state index in [1.54, 1.807) is 43.3 Å². The first-order chi connectivity index (χ1) is 15.5. The molecule has 1 saturated heterocycles. The second-order valence-electron chi connectivity index (χ2n) is 7.68. The number of likely N-dealkylation sites (tertiary alicyclic amines) is 1. The molecule has 0 atom stereocenters. The van der Waals surface area contributed by atoms with Gasteiger partial charge in [-0.2, -0.15) is 0 Å². The van der Waals surface area contributed by atoms with E-state index in [4.69, 9.17) is 4.74 Å². The maximum absolute atomic E-state index is 13.1. The van der Waals surface area contributed by atoms with Crippen molar-refractivity contribution in [1.29, 1.82) is 0 Å². The van der Waals surface area contributed by atoms with Gasteiger partial charge in [0, 0.05) is 31.3 Å². The molecule has 0 unspecified atom stereocenters. The molecule has 0 bridgehead atoms. The van der Waals surface area contributed by atoms with Crippen LogP contribution in [0.1, 0.15) is 38.8 Å². The molecule has 1 N–H and O–H groups in total. The van der Waals surface area contributed by atoms with Crippen LogP contribution in [-0.4, -0.2) is 41.4 Å². The molecule has 0 spiro atoms. The smallest absolute Gasteiger partial charge is 0.267 e. The van der Waals surface area contributed by atoms with Crippen LogP contribution in [0.3, 0.4) is 0 Å². The molecule has 32 heavy (non-hydrogen) atoms. The zero-order valence-corrected chi connectivity index (χ0v) is 18.6. The molecule has 1 aliphatic rings. The first-order valence-corrected chi connectivity index (χ1v) is 11.3. The average molecular weight is 454 g/mol. The van der Waals surface area contributed by atoms with Gasteiger partial charge in [0.1, 0.15) is 16.4 Å². The highest BCUT2D eigenvalue weighted by atomic mass is 32.1. The number of hydrogen-bond acceptors (Lipinski definition) is 5. The summed E-state index contributed by atoms with van der Waals surface area (Å²) >= 11 is 1.32. The Morgan fingerprint density at radius 1 is 1.16 bits per heavy atom. The van der Waals surface area contributed by atoms with E-state index in [1.807, 2.05) is 4.90 Å². The van der Waals surface area contributed by atoms with Crippen molar-refractivity contribution in [2.45, 2.75) is 26.2 Å². The molecule has 1 aromatic heterocycles. The molecule has 1 fully saturated rings. The summed E-state index contributed by atoms with van der Waals surface area (Å²) in [6.45, 7) is 3.35. The Labute approximate surface area is 190 Å². The summed E-state index contributed by atoms with van der Waals surface area (Å²) in [6, 6.07) is 13.2. The van der Waals surface area contributed by atoms with E-state index in [0.29, 0.717) is 28.4 Å². The summed E-state index contributed by atoms with van der Waals surface area (Å²) in [5.41, 5.74) is 2.16. The summed E-state index contributed by atoms with van der Waals surface area (Å²) in [5, 5.41) is 3.66. The van der Waals surface area contributed by atoms with Crippen LogP contribution in [0.25, 0.3) is 0 Å². The number of benzene rings is 2. The number of hydrogen-bond donors (Lipinski definition) is 1. The van der Waals surface area contributed by atoms with Gasteiger partial charge in [-0.3, -0.25) is 9.59 Å². The number of rotatable bonds is 7. The number of halogens is 1. The second-order valence-corrected chi connectivity index (χ2v) is 8.77. The number of amides is 2. The van der Waals surface area contributed by atoms with E-state index in [-0.39, 0.29) is 24.2 Å². The topological polar surface area (TPSA) is 71.5 Å². The number of nitrogens with one attached hydrogen (secondary N) is 1. The Balaban J connectivity index is 1.37. The Morgan fingerprint density at radius 2 is 1.91 bits per heavy atom. The number of aromatic nitrogens is 1. The van der Waals surface area contributed by atoms with Gasteiger partial charge < -0.3 is 15.0 Å². The lowest BCUT2D eigenvalue weighted by Crippen LogP contribution is -2.32. The highest BCUT2D eigenvalue weighted by Gasteiger charge is 2.19. The molecule has 8 heteroatoms. The number of carbonyl (C=O) groups excluding carboxylic acids is 2. The fraction of sp³-hybridized carbons (Fsp3) is 0.292. The number of anilines is 1. The van der Waals surface area contributed by atoms with Crippen molar-refractivity contribution in [3.8, 4) is 5.75 Å². The summed E-state index contributed by atoms with van der Waals surface area (Å²) in [7, 11) is 0. The molecule has 6 nitrogen and oxygen atoms in total. The molecule has 166 valence electrons. The molecule has 2 heterocycles. The van der Waals surface area contributed by atoms with Crippen LogP contribution in [0.15, 0.2) is 48.5 Å². The van der Waals surface area contributed by atoms with Crippen LogP contribution < -0.4 is 10.1 Å². The maximum Gasteiger partial charge on any atom is 0.267 e. The summed E-state index contributed by atoms with van der Waals surface area (Å²) < 4.78 is 18.7. The van der Waals surface area contributed by atoms with Gasteiger partial charge in [0.2, 0.25) is 0 Å². The number of nitrogens with zero attached hydrogens (tertiary/aromatic N) is 2. The van der Waals surface area contributed by atoms with E-state index in [9.17, 15) is 14.0 Å². The van der Waals surface area contributed by atoms with E-state index in [2.05, 4.69) is 10.3 Å². The Kier molecular flexibility index (Phi) is 6.80. The molecule has 2 amide bonds. The third kappa shape index (κ3) is 5.50. The number of ether oxygens (including phenoxy) is 1. The van der Waals surface area contributed by atoms with Crippen LogP contribution in [0.4, 0.5) is 10.1 Å². The van der Waals surface area contributed by atoms with E-state index >= 15 is 0 Å². The minimum Gasteiger partial charge on any atom is -0.484 e. The van der Waals surface area contributed by atoms with Crippen molar-refractivity contribution in [2.24, 2.45) is 0 Å². The summed E-state index contributed by atoms with van der Waals surface area (Å²) in [5.74, 6) is -0.0364. The van der Waals surface area contributed by atoms with Crippen molar-refractivity contribution < 1.29 is 18.7 Å². The van der Waals surface area contributed by atoms with Crippen LogP contribution in [-0.2, 0) is 11.2 Å². The van der Waals surface area contributed by atoms with Crippen molar-refractivity contribution in [1.82, 2.24) is 9.88 Å². The Hall–Kier alpha value is -3.26. The Bertz CT molecular complexity index is 1110. The molecule has 2 aromatic carbocycles. The zero-order valence-electron chi connectivity index (χ0n) is 17.8. The van der Waals surface area contributed by atoms with Gasteiger partial charge in [0.15, 0.2) is 6.61 Å². The minimum atomic E-state index is -0.282. The first kappa shape index (κ1) is 22.0. The van der Waals surface area contributed by atoms with Gasteiger partial charge in [-0.1, -0.05) is 18.2 Å². The summed E-state index contributed by atoms with van der Waals surface area (Å²) in [6.07, 6.45) is 2.61. The van der Waals surface area contributed by atoms with Crippen molar-refractivity contribution in [3.63, 3.8) is 0 Å².